The van der Waals surface area contributed by atoms with E-state index < -0.39 is 17.7 Å². The SMILES string of the molecule is COc1cc(/C(O)=C2\C(=O)C(=O)N(c3ccc(NC(C)=O)cc3)C2c2ccccc2OC)ccc1Cl. The van der Waals surface area contributed by atoms with Gasteiger partial charge in [-0.25, -0.2) is 0 Å². The molecular formula is C27H23ClN2O6. The minimum absolute atomic E-state index is 0.111. The number of anilines is 2. The highest BCUT2D eigenvalue weighted by Crippen LogP contribution is 2.45. The highest BCUT2D eigenvalue weighted by Gasteiger charge is 2.48. The molecule has 0 spiro atoms. The molecule has 184 valence electrons. The van der Waals surface area contributed by atoms with Crippen molar-refractivity contribution in [2.45, 2.75) is 13.0 Å². The van der Waals surface area contributed by atoms with Crippen LogP contribution in [0.3, 0.4) is 0 Å². The van der Waals surface area contributed by atoms with Crippen molar-refractivity contribution in [3.05, 3.63) is 88.5 Å². The molecule has 1 aliphatic heterocycles. The summed E-state index contributed by atoms with van der Waals surface area (Å²) in [6, 6.07) is 17.0. The van der Waals surface area contributed by atoms with E-state index in [1.165, 1.54) is 44.2 Å². The Labute approximate surface area is 212 Å². The molecule has 0 aliphatic carbocycles. The molecule has 8 nitrogen and oxygen atoms in total. The van der Waals surface area contributed by atoms with Crippen molar-refractivity contribution in [2.75, 3.05) is 24.4 Å². The molecule has 2 N–H and O–H groups in total. The highest BCUT2D eigenvalue weighted by molar-refractivity contribution is 6.51. The van der Waals surface area contributed by atoms with Crippen LogP contribution in [0, 0.1) is 0 Å². The second-order valence-corrected chi connectivity index (χ2v) is 8.40. The Morgan fingerprint density at radius 2 is 1.64 bits per heavy atom. The molecule has 0 saturated carbocycles. The predicted molar refractivity (Wildman–Crippen MR) is 137 cm³/mol. The Bertz CT molecular complexity index is 1380. The minimum atomic E-state index is -0.991. The monoisotopic (exact) mass is 506 g/mol. The van der Waals surface area contributed by atoms with Gasteiger partial charge in [0.1, 0.15) is 17.3 Å². The number of ketones is 1. The molecule has 0 radical (unpaired) electrons. The first-order chi connectivity index (χ1) is 17.3. The number of amides is 2. The first-order valence-corrected chi connectivity index (χ1v) is 11.3. The van der Waals surface area contributed by atoms with Crippen LogP contribution in [0.4, 0.5) is 11.4 Å². The Morgan fingerprint density at radius 1 is 0.972 bits per heavy atom. The van der Waals surface area contributed by atoms with Gasteiger partial charge in [0.25, 0.3) is 11.7 Å². The summed E-state index contributed by atoms with van der Waals surface area (Å²) in [5.74, 6) is -1.56. The molecule has 3 aromatic rings. The van der Waals surface area contributed by atoms with E-state index in [-0.39, 0.29) is 22.8 Å². The molecule has 3 aromatic carbocycles. The maximum Gasteiger partial charge on any atom is 0.300 e. The van der Waals surface area contributed by atoms with Crippen LogP contribution in [0.15, 0.2) is 72.3 Å². The molecule has 0 aromatic heterocycles. The molecule has 1 unspecified atom stereocenters. The Hall–Kier alpha value is -4.30. The van der Waals surface area contributed by atoms with Gasteiger partial charge in [0, 0.05) is 29.4 Å². The third-order valence-electron chi connectivity index (χ3n) is 5.77. The van der Waals surface area contributed by atoms with Gasteiger partial charge in [-0.2, -0.15) is 0 Å². The van der Waals surface area contributed by atoms with Crippen LogP contribution in [-0.2, 0) is 14.4 Å². The number of carbonyl (C=O) groups excluding carboxylic acids is 3. The summed E-state index contributed by atoms with van der Waals surface area (Å²) in [5.41, 5.74) is 1.59. The quantitative estimate of drug-likeness (QED) is 0.279. The number of ether oxygens (including phenoxy) is 2. The highest BCUT2D eigenvalue weighted by atomic mass is 35.5. The van der Waals surface area contributed by atoms with E-state index in [9.17, 15) is 19.5 Å². The van der Waals surface area contributed by atoms with Crippen LogP contribution in [0.5, 0.6) is 11.5 Å². The minimum Gasteiger partial charge on any atom is -0.507 e. The van der Waals surface area contributed by atoms with Gasteiger partial charge in [0.2, 0.25) is 5.91 Å². The van der Waals surface area contributed by atoms with Gasteiger partial charge in [0.05, 0.1) is 30.9 Å². The van der Waals surface area contributed by atoms with Crippen LogP contribution in [0.25, 0.3) is 5.76 Å². The molecule has 0 bridgehead atoms. The van der Waals surface area contributed by atoms with Gasteiger partial charge in [-0.15, -0.1) is 0 Å². The molecule has 9 heteroatoms. The van der Waals surface area contributed by atoms with Gasteiger partial charge in [0.15, 0.2) is 0 Å². The zero-order valence-corrected chi connectivity index (χ0v) is 20.5. The second-order valence-electron chi connectivity index (χ2n) is 7.99. The number of nitrogens with zero attached hydrogens (tertiary/aromatic N) is 1. The molecule has 1 heterocycles. The average Bonchev–Trinajstić information content (AvgIpc) is 3.14. The third-order valence-corrected chi connectivity index (χ3v) is 6.08. The summed E-state index contributed by atoms with van der Waals surface area (Å²) in [5, 5.41) is 14.3. The van der Waals surface area contributed by atoms with Gasteiger partial charge >= 0.3 is 0 Å². The zero-order chi connectivity index (χ0) is 26.0. The standard InChI is InChI=1S/C27H23ClN2O6/c1-15(31)29-17-9-11-18(12-10-17)30-24(19-6-4-5-7-21(19)35-2)23(26(33)27(30)34)25(32)16-8-13-20(28)22(14-16)36-3/h4-14,24,32H,1-3H3,(H,29,31)/b25-23+. The number of aliphatic hydroxyl groups is 1. The van der Waals surface area contributed by atoms with Crippen LogP contribution >= 0.6 is 11.6 Å². The molecule has 1 aliphatic rings. The van der Waals surface area contributed by atoms with E-state index in [1.807, 2.05) is 0 Å². The van der Waals surface area contributed by atoms with Crippen molar-refractivity contribution >= 4 is 46.3 Å². The lowest BCUT2D eigenvalue weighted by Gasteiger charge is -2.26. The number of aliphatic hydroxyl groups excluding tert-OH is 1. The number of nitrogens with one attached hydrogen (secondary N) is 1. The maximum atomic E-state index is 13.4. The normalized spacial score (nSPS) is 16.7. The predicted octanol–water partition coefficient (Wildman–Crippen LogP) is 4.94. The number of carbonyl (C=O) groups is 3. The molecule has 2 amide bonds. The summed E-state index contributed by atoms with van der Waals surface area (Å²) in [4.78, 5) is 39.4. The van der Waals surface area contributed by atoms with Gasteiger partial charge in [-0.1, -0.05) is 29.8 Å². The first kappa shape index (κ1) is 24.8. The summed E-state index contributed by atoms with van der Waals surface area (Å²) in [6.07, 6.45) is 0. The summed E-state index contributed by atoms with van der Waals surface area (Å²) in [6.45, 7) is 1.39. The van der Waals surface area contributed by atoms with Crippen LogP contribution in [-0.4, -0.2) is 36.9 Å². The lowest BCUT2D eigenvalue weighted by molar-refractivity contribution is -0.132. The topological polar surface area (TPSA) is 105 Å². The number of Topliss-reactive ketones (excluding diaryl/α,β-unsaturated/α-hetero) is 1. The number of methoxy groups -OCH3 is 2. The Balaban J connectivity index is 1.93. The van der Waals surface area contributed by atoms with Crippen molar-refractivity contribution in [2.24, 2.45) is 0 Å². The van der Waals surface area contributed by atoms with Crippen LogP contribution in [0.1, 0.15) is 24.1 Å². The number of hydrogen-bond acceptors (Lipinski definition) is 6. The van der Waals surface area contributed by atoms with Crippen molar-refractivity contribution in [1.29, 1.82) is 0 Å². The summed E-state index contributed by atoms with van der Waals surface area (Å²) in [7, 11) is 2.92. The number of hydrogen-bond donors (Lipinski definition) is 2. The van der Waals surface area contributed by atoms with Crippen LogP contribution in [0.2, 0.25) is 5.02 Å². The number of para-hydroxylation sites is 1. The fourth-order valence-electron chi connectivity index (χ4n) is 4.16. The first-order valence-electron chi connectivity index (χ1n) is 10.9. The third kappa shape index (κ3) is 4.50. The maximum absolute atomic E-state index is 13.4. The fraction of sp³-hybridized carbons (Fsp3) is 0.148. The summed E-state index contributed by atoms with van der Waals surface area (Å²) < 4.78 is 10.8. The van der Waals surface area contributed by atoms with E-state index in [0.717, 1.165) is 0 Å². The molecule has 1 fully saturated rings. The zero-order valence-electron chi connectivity index (χ0n) is 19.7. The number of rotatable bonds is 6. The molecule has 1 atom stereocenters. The van der Waals surface area contributed by atoms with Gasteiger partial charge < -0.3 is 19.9 Å². The van der Waals surface area contributed by atoms with E-state index in [4.69, 9.17) is 21.1 Å². The fourth-order valence-corrected chi connectivity index (χ4v) is 4.35. The Morgan fingerprint density at radius 3 is 2.28 bits per heavy atom. The van der Waals surface area contributed by atoms with E-state index >= 15 is 0 Å². The average molecular weight is 507 g/mol. The molecule has 4 rings (SSSR count). The van der Waals surface area contributed by atoms with E-state index in [0.29, 0.717) is 33.5 Å². The molecule has 36 heavy (non-hydrogen) atoms. The van der Waals surface area contributed by atoms with Crippen molar-refractivity contribution in [3.8, 4) is 11.5 Å². The molecule has 1 saturated heterocycles. The number of halogens is 1. The van der Waals surface area contributed by atoms with Gasteiger partial charge in [-0.05, 0) is 48.5 Å². The summed E-state index contributed by atoms with van der Waals surface area (Å²) >= 11 is 6.13. The second kappa shape index (κ2) is 10.1. The van der Waals surface area contributed by atoms with Gasteiger partial charge in [-0.3, -0.25) is 19.3 Å². The Kier molecular flexibility index (Phi) is 6.98. The van der Waals surface area contributed by atoms with Crippen molar-refractivity contribution < 1.29 is 29.0 Å². The van der Waals surface area contributed by atoms with Crippen LogP contribution < -0.4 is 19.7 Å². The van der Waals surface area contributed by atoms with E-state index in [2.05, 4.69) is 5.32 Å². The lowest BCUT2D eigenvalue weighted by atomic mass is 9.94. The van der Waals surface area contributed by atoms with Crippen molar-refractivity contribution in [3.63, 3.8) is 0 Å². The lowest BCUT2D eigenvalue weighted by Crippen LogP contribution is -2.29. The van der Waals surface area contributed by atoms with Crippen molar-refractivity contribution in [1.82, 2.24) is 0 Å². The smallest absolute Gasteiger partial charge is 0.300 e. The number of benzene rings is 3. The van der Waals surface area contributed by atoms with E-state index in [1.54, 1.807) is 48.5 Å². The molecular weight excluding hydrogens is 484 g/mol. The largest absolute Gasteiger partial charge is 0.507 e.